The van der Waals surface area contributed by atoms with Gasteiger partial charge in [-0.2, -0.15) is 0 Å². The highest BCUT2D eigenvalue weighted by Gasteiger charge is 2.31. The lowest BCUT2D eigenvalue weighted by Gasteiger charge is -2.35. The van der Waals surface area contributed by atoms with Crippen LogP contribution in [0.3, 0.4) is 0 Å². The smallest absolute Gasteiger partial charge is 0.266 e. The van der Waals surface area contributed by atoms with Gasteiger partial charge in [-0.05, 0) is 12.1 Å². The zero-order chi connectivity index (χ0) is 15.7. The highest BCUT2D eigenvalue weighted by atomic mass is 32.1. The summed E-state index contributed by atoms with van der Waals surface area (Å²) in [6, 6.07) is 4.01. The topological polar surface area (TPSA) is 47.4 Å². The maximum Gasteiger partial charge on any atom is 0.266 e. The Balaban J connectivity index is 1.86. The minimum atomic E-state index is -0.0363. The van der Waals surface area contributed by atoms with E-state index in [4.69, 9.17) is 4.74 Å². The van der Waals surface area contributed by atoms with Crippen LogP contribution in [0.15, 0.2) is 24.5 Å². The van der Waals surface area contributed by atoms with Gasteiger partial charge in [-0.25, -0.2) is 4.98 Å². The van der Waals surface area contributed by atoms with Gasteiger partial charge in [0.1, 0.15) is 4.88 Å². The molecule has 0 aromatic carbocycles. The van der Waals surface area contributed by atoms with Gasteiger partial charge in [0.05, 0.1) is 30.5 Å². The van der Waals surface area contributed by atoms with Crippen molar-refractivity contribution >= 4 is 17.2 Å². The highest BCUT2D eigenvalue weighted by molar-refractivity contribution is 7.13. The van der Waals surface area contributed by atoms with Gasteiger partial charge in [0.25, 0.3) is 5.91 Å². The molecule has 2 aromatic rings. The van der Waals surface area contributed by atoms with Gasteiger partial charge in [0.15, 0.2) is 0 Å². The van der Waals surface area contributed by atoms with Crippen LogP contribution in [0.25, 0.3) is 0 Å². The Morgan fingerprint density at radius 1 is 1.50 bits per heavy atom. The molecule has 0 spiro atoms. The molecule has 22 heavy (non-hydrogen) atoms. The number of thiazole rings is 1. The second-order valence-corrected chi connectivity index (χ2v) is 6.91. The first kappa shape index (κ1) is 15.2. The minimum absolute atomic E-state index is 0.0363. The molecule has 1 amide bonds. The maximum atomic E-state index is 12.9. The maximum absolute atomic E-state index is 12.9. The molecule has 1 unspecified atom stereocenters. The van der Waals surface area contributed by atoms with Gasteiger partial charge in [0, 0.05) is 31.4 Å². The summed E-state index contributed by atoms with van der Waals surface area (Å²) in [6.07, 6.45) is 3.70. The lowest BCUT2D eigenvalue weighted by Crippen LogP contribution is -2.43. The SMILES string of the molecule is CC(C)c1ncc(C(=O)N2CCOCC2c2cccn2C)s1. The van der Waals surface area contributed by atoms with E-state index in [9.17, 15) is 4.79 Å². The molecule has 118 valence electrons. The molecule has 2 aromatic heterocycles. The summed E-state index contributed by atoms with van der Waals surface area (Å²) >= 11 is 1.50. The summed E-state index contributed by atoms with van der Waals surface area (Å²) in [5.41, 5.74) is 1.10. The van der Waals surface area contributed by atoms with Crippen LogP contribution in [0.1, 0.15) is 46.2 Å². The van der Waals surface area contributed by atoms with Crippen LogP contribution in [0, 0.1) is 0 Å². The predicted molar refractivity (Wildman–Crippen MR) is 86.2 cm³/mol. The Kier molecular flexibility index (Phi) is 4.31. The lowest BCUT2D eigenvalue weighted by atomic mass is 10.1. The van der Waals surface area contributed by atoms with Gasteiger partial charge in [-0.3, -0.25) is 4.79 Å². The Labute approximate surface area is 134 Å². The molecule has 0 N–H and O–H groups in total. The number of aromatic nitrogens is 2. The highest BCUT2D eigenvalue weighted by Crippen LogP contribution is 2.28. The van der Waals surface area contributed by atoms with Crippen molar-refractivity contribution in [2.75, 3.05) is 19.8 Å². The van der Waals surface area contributed by atoms with Gasteiger partial charge in [-0.1, -0.05) is 13.8 Å². The second-order valence-electron chi connectivity index (χ2n) is 5.85. The van der Waals surface area contributed by atoms with Crippen LogP contribution in [0.2, 0.25) is 0 Å². The van der Waals surface area contributed by atoms with E-state index >= 15 is 0 Å². The molecule has 1 atom stereocenters. The molecule has 6 heteroatoms. The van der Waals surface area contributed by atoms with Crippen LogP contribution in [0.4, 0.5) is 0 Å². The van der Waals surface area contributed by atoms with Crippen LogP contribution >= 0.6 is 11.3 Å². The fourth-order valence-corrected chi connectivity index (χ4v) is 3.58. The molecule has 1 aliphatic rings. The third-order valence-electron chi connectivity index (χ3n) is 3.94. The lowest BCUT2D eigenvalue weighted by molar-refractivity contribution is -0.00438. The number of hydrogen-bond donors (Lipinski definition) is 0. The first-order valence-corrected chi connectivity index (χ1v) is 8.35. The van der Waals surface area contributed by atoms with Gasteiger partial charge < -0.3 is 14.2 Å². The number of carbonyl (C=O) groups excluding carboxylic acids is 1. The standard InChI is InChI=1S/C16H21N3O2S/c1-11(2)15-17-9-14(22-15)16(20)19-7-8-21-10-13(19)12-5-4-6-18(12)3/h4-6,9,11,13H,7-8,10H2,1-3H3. The van der Waals surface area contributed by atoms with Gasteiger partial charge in [-0.15, -0.1) is 11.3 Å². The summed E-state index contributed by atoms with van der Waals surface area (Å²) < 4.78 is 7.65. The minimum Gasteiger partial charge on any atom is -0.377 e. The number of carbonyl (C=O) groups is 1. The number of ether oxygens (including phenoxy) is 1. The van der Waals surface area contributed by atoms with Crippen molar-refractivity contribution in [3.63, 3.8) is 0 Å². The van der Waals surface area contributed by atoms with E-state index in [0.717, 1.165) is 10.7 Å². The van der Waals surface area contributed by atoms with Crippen LogP contribution in [-0.4, -0.2) is 40.1 Å². The van der Waals surface area contributed by atoms with Crippen LogP contribution < -0.4 is 0 Å². The van der Waals surface area contributed by atoms with E-state index in [1.807, 2.05) is 34.8 Å². The number of amides is 1. The normalized spacial score (nSPS) is 18.9. The van der Waals surface area contributed by atoms with Crippen molar-refractivity contribution in [3.05, 3.63) is 40.1 Å². The molecule has 0 bridgehead atoms. The van der Waals surface area contributed by atoms with Crippen molar-refractivity contribution in [1.29, 1.82) is 0 Å². The molecule has 0 radical (unpaired) electrons. The molecular weight excluding hydrogens is 298 g/mol. The van der Waals surface area contributed by atoms with Gasteiger partial charge >= 0.3 is 0 Å². The summed E-state index contributed by atoms with van der Waals surface area (Å²) in [5, 5.41) is 1.01. The van der Waals surface area contributed by atoms with Crippen LogP contribution in [0.5, 0.6) is 0 Å². The number of morpholine rings is 1. The molecule has 0 saturated carbocycles. The fourth-order valence-electron chi connectivity index (χ4n) is 2.71. The summed E-state index contributed by atoms with van der Waals surface area (Å²) in [5.74, 6) is 0.402. The first-order chi connectivity index (χ1) is 10.6. The van der Waals surface area contributed by atoms with E-state index in [-0.39, 0.29) is 11.9 Å². The zero-order valence-corrected chi connectivity index (χ0v) is 14.0. The zero-order valence-electron chi connectivity index (χ0n) is 13.2. The van der Waals surface area contributed by atoms with Crippen molar-refractivity contribution in [2.45, 2.75) is 25.8 Å². The monoisotopic (exact) mass is 319 g/mol. The second kappa shape index (κ2) is 6.22. The molecular formula is C16H21N3O2S. The van der Waals surface area contributed by atoms with E-state index in [0.29, 0.717) is 30.6 Å². The number of hydrogen-bond acceptors (Lipinski definition) is 4. The van der Waals surface area contributed by atoms with Gasteiger partial charge in [0.2, 0.25) is 0 Å². The van der Waals surface area contributed by atoms with Crippen molar-refractivity contribution in [3.8, 4) is 0 Å². The van der Waals surface area contributed by atoms with E-state index in [1.165, 1.54) is 11.3 Å². The molecule has 1 fully saturated rings. The third kappa shape index (κ3) is 2.80. The number of rotatable bonds is 3. The summed E-state index contributed by atoms with van der Waals surface area (Å²) in [7, 11) is 2.00. The number of aryl methyl sites for hydroxylation is 1. The average molecular weight is 319 g/mol. The van der Waals surface area contributed by atoms with E-state index in [2.05, 4.69) is 18.8 Å². The largest absolute Gasteiger partial charge is 0.377 e. The Bertz CT molecular complexity index is 662. The molecule has 5 nitrogen and oxygen atoms in total. The Morgan fingerprint density at radius 2 is 2.32 bits per heavy atom. The van der Waals surface area contributed by atoms with Crippen molar-refractivity contribution < 1.29 is 9.53 Å². The molecule has 0 aliphatic carbocycles. The van der Waals surface area contributed by atoms with E-state index in [1.54, 1.807) is 6.20 Å². The molecule has 3 heterocycles. The third-order valence-corrected chi connectivity index (χ3v) is 5.23. The molecule has 1 aliphatic heterocycles. The van der Waals surface area contributed by atoms with E-state index < -0.39 is 0 Å². The first-order valence-electron chi connectivity index (χ1n) is 7.53. The molecule has 1 saturated heterocycles. The average Bonchev–Trinajstić information content (AvgIpc) is 3.15. The summed E-state index contributed by atoms with van der Waals surface area (Å²) in [6.45, 7) is 5.93. The fraction of sp³-hybridized carbons (Fsp3) is 0.500. The van der Waals surface area contributed by atoms with Crippen molar-refractivity contribution in [1.82, 2.24) is 14.5 Å². The predicted octanol–water partition coefficient (Wildman–Crippen LogP) is 2.82. The Morgan fingerprint density at radius 3 is 2.95 bits per heavy atom. The summed E-state index contributed by atoms with van der Waals surface area (Å²) in [4.78, 5) is 19.9. The van der Waals surface area contributed by atoms with Crippen LogP contribution in [-0.2, 0) is 11.8 Å². The number of nitrogens with zero attached hydrogens (tertiary/aromatic N) is 3. The van der Waals surface area contributed by atoms with Crippen molar-refractivity contribution in [2.24, 2.45) is 7.05 Å². The molecule has 3 rings (SSSR count). The Hall–Kier alpha value is -1.66. The quantitative estimate of drug-likeness (QED) is 0.874.